The predicted octanol–water partition coefficient (Wildman–Crippen LogP) is 4.52. The van der Waals surface area contributed by atoms with Gasteiger partial charge in [-0.25, -0.2) is 4.39 Å². The Bertz CT molecular complexity index is 586. The molecule has 2 nitrogen and oxygen atoms in total. The van der Waals surface area contributed by atoms with E-state index < -0.39 is 0 Å². The molecule has 0 aliphatic carbocycles. The fourth-order valence-corrected chi connectivity index (χ4v) is 2.03. The van der Waals surface area contributed by atoms with E-state index in [1.165, 1.54) is 6.07 Å². The van der Waals surface area contributed by atoms with Gasteiger partial charge in [-0.1, -0.05) is 28.1 Å². The minimum absolute atomic E-state index is 0.283. The molecule has 0 unspecified atom stereocenters. The maximum atomic E-state index is 13.6. The van der Waals surface area contributed by atoms with E-state index in [2.05, 4.69) is 27.3 Å². The molecule has 0 fully saturated rings. The first-order valence-corrected chi connectivity index (χ1v) is 6.72. The lowest BCUT2D eigenvalue weighted by molar-refractivity contribution is 0.414. The Morgan fingerprint density at radius 1 is 1.21 bits per heavy atom. The van der Waals surface area contributed by atoms with Crippen molar-refractivity contribution in [3.8, 4) is 5.75 Å². The molecule has 100 valence electrons. The van der Waals surface area contributed by atoms with Crippen LogP contribution in [0.3, 0.4) is 0 Å². The van der Waals surface area contributed by atoms with E-state index in [1.54, 1.807) is 19.2 Å². The molecule has 2 rings (SSSR count). The van der Waals surface area contributed by atoms with Gasteiger partial charge in [-0.3, -0.25) is 0 Å². The molecule has 0 radical (unpaired) electrons. The molecule has 0 bridgehead atoms. The van der Waals surface area contributed by atoms with Crippen LogP contribution in [0.1, 0.15) is 11.1 Å². The van der Waals surface area contributed by atoms with E-state index in [1.807, 2.05) is 19.1 Å². The predicted molar refractivity (Wildman–Crippen MR) is 79.2 cm³/mol. The van der Waals surface area contributed by atoms with Crippen LogP contribution in [0.15, 0.2) is 40.9 Å². The van der Waals surface area contributed by atoms with E-state index in [4.69, 9.17) is 4.74 Å². The Balaban J connectivity index is 2.11. The Labute approximate surface area is 120 Å². The molecular formula is C15H15BrFNO. The van der Waals surface area contributed by atoms with Crippen LogP contribution < -0.4 is 10.1 Å². The van der Waals surface area contributed by atoms with Gasteiger partial charge in [0.1, 0.15) is 11.6 Å². The molecule has 0 heterocycles. The quantitative estimate of drug-likeness (QED) is 0.893. The number of aryl methyl sites for hydroxylation is 1. The maximum Gasteiger partial charge on any atom is 0.146 e. The molecule has 1 N–H and O–H groups in total. The summed E-state index contributed by atoms with van der Waals surface area (Å²) < 4.78 is 19.8. The molecule has 2 aromatic rings. The average Bonchev–Trinajstić information content (AvgIpc) is 2.41. The zero-order valence-corrected chi connectivity index (χ0v) is 12.4. The maximum absolute atomic E-state index is 13.6. The Morgan fingerprint density at radius 3 is 2.68 bits per heavy atom. The summed E-state index contributed by atoms with van der Waals surface area (Å²) >= 11 is 3.46. The van der Waals surface area contributed by atoms with Crippen LogP contribution in [0.2, 0.25) is 0 Å². The molecule has 0 saturated carbocycles. The van der Waals surface area contributed by atoms with E-state index in [-0.39, 0.29) is 5.82 Å². The molecule has 0 saturated heterocycles. The van der Waals surface area contributed by atoms with Crippen molar-refractivity contribution in [2.45, 2.75) is 13.5 Å². The van der Waals surface area contributed by atoms with Crippen LogP contribution >= 0.6 is 15.9 Å². The number of anilines is 1. The lowest BCUT2D eigenvalue weighted by Crippen LogP contribution is -2.02. The van der Waals surface area contributed by atoms with Crippen molar-refractivity contribution in [3.05, 3.63) is 57.8 Å². The molecule has 0 amide bonds. The smallest absolute Gasteiger partial charge is 0.146 e. The lowest BCUT2D eigenvalue weighted by atomic mass is 10.1. The monoisotopic (exact) mass is 323 g/mol. The minimum atomic E-state index is -0.283. The summed E-state index contributed by atoms with van der Waals surface area (Å²) in [6.45, 7) is 2.60. The van der Waals surface area contributed by atoms with Crippen molar-refractivity contribution in [2.24, 2.45) is 0 Å². The molecule has 0 aromatic heterocycles. The summed E-state index contributed by atoms with van der Waals surface area (Å²) in [5.74, 6) is 0.352. The Kier molecular flexibility index (Phi) is 4.43. The van der Waals surface area contributed by atoms with E-state index in [0.717, 1.165) is 15.6 Å². The second-order valence-electron chi connectivity index (χ2n) is 4.28. The van der Waals surface area contributed by atoms with Gasteiger partial charge in [0.05, 0.1) is 12.8 Å². The van der Waals surface area contributed by atoms with Gasteiger partial charge in [-0.15, -0.1) is 0 Å². The Hall–Kier alpha value is -1.55. The summed E-state index contributed by atoms with van der Waals surface area (Å²) in [7, 11) is 1.56. The van der Waals surface area contributed by atoms with Gasteiger partial charge in [0.15, 0.2) is 0 Å². The third-order valence-electron chi connectivity index (χ3n) is 2.88. The fraction of sp³-hybridized carbons (Fsp3) is 0.200. The second-order valence-corrected chi connectivity index (χ2v) is 5.14. The summed E-state index contributed by atoms with van der Waals surface area (Å²) in [6.07, 6.45) is 0. The first-order chi connectivity index (χ1) is 9.10. The third-order valence-corrected chi connectivity index (χ3v) is 3.77. The van der Waals surface area contributed by atoms with Crippen LogP contribution in [-0.2, 0) is 6.54 Å². The first kappa shape index (κ1) is 13.9. The zero-order valence-electron chi connectivity index (χ0n) is 10.8. The zero-order chi connectivity index (χ0) is 13.8. The van der Waals surface area contributed by atoms with Crippen LogP contribution in [0.4, 0.5) is 10.1 Å². The molecule has 0 spiro atoms. The van der Waals surface area contributed by atoms with Crippen molar-refractivity contribution < 1.29 is 9.13 Å². The molecule has 4 heteroatoms. The Morgan fingerprint density at radius 2 is 2.00 bits per heavy atom. The first-order valence-electron chi connectivity index (χ1n) is 5.92. The number of halogens is 2. The molecule has 19 heavy (non-hydrogen) atoms. The topological polar surface area (TPSA) is 21.3 Å². The van der Waals surface area contributed by atoms with Gasteiger partial charge in [-0.2, -0.15) is 0 Å². The lowest BCUT2D eigenvalue weighted by Gasteiger charge is -2.10. The number of hydrogen-bond acceptors (Lipinski definition) is 2. The van der Waals surface area contributed by atoms with E-state index in [0.29, 0.717) is 18.0 Å². The highest BCUT2D eigenvalue weighted by atomic mass is 79.9. The van der Waals surface area contributed by atoms with Gasteiger partial charge >= 0.3 is 0 Å². The minimum Gasteiger partial charge on any atom is -0.497 e. The second kappa shape index (κ2) is 6.06. The molecule has 0 aliphatic rings. The number of nitrogens with one attached hydrogen (secondary N) is 1. The molecule has 0 atom stereocenters. The van der Waals surface area contributed by atoms with E-state index >= 15 is 0 Å². The summed E-state index contributed by atoms with van der Waals surface area (Å²) in [6, 6.07) is 10.7. The van der Waals surface area contributed by atoms with Gasteiger partial charge < -0.3 is 10.1 Å². The summed E-state index contributed by atoms with van der Waals surface area (Å²) in [4.78, 5) is 0. The van der Waals surface area contributed by atoms with Gasteiger partial charge in [0.25, 0.3) is 0 Å². The van der Waals surface area contributed by atoms with Gasteiger partial charge in [0, 0.05) is 17.1 Å². The highest BCUT2D eigenvalue weighted by Crippen LogP contribution is 2.22. The number of rotatable bonds is 4. The van der Waals surface area contributed by atoms with Crippen LogP contribution in [0.25, 0.3) is 0 Å². The number of methoxy groups -OCH3 is 1. The highest BCUT2D eigenvalue weighted by Gasteiger charge is 2.04. The largest absolute Gasteiger partial charge is 0.497 e. The normalized spacial score (nSPS) is 10.3. The van der Waals surface area contributed by atoms with Crippen LogP contribution in [0, 0.1) is 12.7 Å². The SMILES string of the molecule is COc1ccc(F)c(NCc2ccc(Br)c(C)c2)c1. The summed E-state index contributed by atoms with van der Waals surface area (Å²) in [5, 5.41) is 3.08. The number of ether oxygens (including phenoxy) is 1. The van der Waals surface area contributed by atoms with Crippen molar-refractivity contribution >= 4 is 21.6 Å². The van der Waals surface area contributed by atoms with Crippen LogP contribution in [0.5, 0.6) is 5.75 Å². The fourth-order valence-electron chi connectivity index (χ4n) is 1.78. The van der Waals surface area contributed by atoms with Gasteiger partial charge in [-0.05, 0) is 36.2 Å². The molecular weight excluding hydrogens is 309 g/mol. The number of benzene rings is 2. The van der Waals surface area contributed by atoms with E-state index in [9.17, 15) is 4.39 Å². The van der Waals surface area contributed by atoms with Crippen molar-refractivity contribution in [2.75, 3.05) is 12.4 Å². The van der Waals surface area contributed by atoms with Crippen molar-refractivity contribution in [3.63, 3.8) is 0 Å². The van der Waals surface area contributed by atoms with Gasteiger partial charge in [0.2, 0.25) is 0 Å². The van der Waals surface area contributed by atoms with Crippen molar-refractivity contribution in [1.82, 2.24) is 0 Å². The summed E-state index contributed by atoms with van der Waals surface area (Å²) in [5.41, 5.74) is 2.70. The standard InChI is InChI=1S/C15H15BrFNO/c1-10-7-11(3-5-13(10)16)9-18-15-8-12(19-2)4-6-14(15)17/h3-8,18H,9H2,1-2H3. The third kappa shape index (κ3) is 3.47. The number of hydrogen-bond donors (Lipinski definition) is 1. The molecule has 0 aliphatic heterocycles. The molecule has 2 aromatic carbocycles. The van der Waals surface area contributed by atoms with Crippen LogP contribution in [-0.4, -0.2) is 7.11 Å². The van der Waals surface area contributed by atoms with Crippen molar-refractivity contribution in [1.29, 1.82) is 0 Å². The highest BCUT2D eigenvalue weighted by molar-refractivity contribution is 9.10. The average molecular weight is 324 g/mol.